The topological polar surface area (TPSA) is 68.0 Å². The van der Waals surface area contributed by atoms with Crippen LogP contribution >= 0.6 is 0 Å². The summed E-state index contributed by atoms with van der Waals surface area (Å²) in [5.41, 5.74) is 2.07. The number of amides is 1. The van der Waals surface area contributed by atoms with Crippen molar-refractivity contribution in [3.8, 4) is 0 Å². The Morgan fingerprint density at radius 1 is 1.20 bits per heavy atom. The van der Waals surface area contributed by atoms with E-state index in [1.54, 1.807) is 0 Å². The molecule has 0 N–H and O–H groups in total. The van der Waals surface area contributed by atoms with E-state index in [0.717, 1.165) is 49.7 Å². The summed E-state index contributed by atoms with van der Waals surface area (Å²) in [5, 5.41) is 4.05. The van der Waals surface area contributed by atoms with Crippen molar-refractivity contribution < 1.29 is 18.8 Å². The van der Waals surface area contributed by atoms with Crippen LogP contribution in [0, 0.1) is 25.7 Å². The molecule has 0 spiro atoms. The van der Waals surface area contributed by atoms with Gasteiger partial charge in [-0.2, -0.15) is 0 Å². The lowest BCUT2D eigenvalue weighted by Gasteiger charge is -2.41. The van der Waals surface area contributed by atoms with Crippen molar-refractivity contribution in [3.63, 3.8) is 0 Å². The van der Waals surface area contributed by atoms with Crippen LogP contribution in [0.2, 0.25) is 0 Å². The molecule has 138 valence electrons. The molecule has 25 heavy (non-hydrogen) atoms. The van der Waals surface area contributed by atoms with E-state index in [4.69, 9.17) is 14.0 Å². The number of carbonyl (C=O) groups is 1. The van der Waals surface area contributed by atoms with Gasteiger partial charge in [-0.15, -0.1) is 0 Å². The average molecular weight is 349 g/mol. The molecular formula is C18H27N3O4. The molecule has 1 aromatic heterocycles. The van der Waals surface area contributed by atoms with Gasteiger partial charge in [0.05, 0.1) is 30.9 Å². The van der Waals surface area contributed by atoms with Crippen molar-refractivity contribution in [2.24, 2.45) is 11.8 Å². The van der Waals surface area contributed by atoms with Crippen LogP contribution in [-0.2, 0) is 20.8 Å². The van der Waals surface area contributed by atoms with Crippen molar-refractivity contribution >= 4 is 5.91 Å². The van der Waals surface area contributed by atoms with Crippen molar-refractivity contribution in [1.82, 2.24) is 15.0 Å². The van der Waals surface area contributed by atoms with Gasteiger partial charge in [-0.3, -0.25) is 9.69 Å². The molecule has 0 radical (unpaired) electrons. The molecule has 3 aliphatic heterocycles. The van der Waals surface area contributed by atoms with Crippen LogP contribution in [0.25, 0.3) is 0 Å². The van der Waals surface area contributed by atoms with Gasteiger partial charge < -0.3 is 18.9 Å². The number of ether oxygens (including phenoxy) is 2. The molecule has 3 atom stereocenters. The maximum absolute atomic E-state index is 13.1. The number of fused-ring (bicyclic) bond motifs is 1. The Kier molecular flexibility index (Phi) is 4.80. The number of hydrogen-bond donors (Lipinski definition) is 0. The van der Waals surface area contributed by atoms with Gasteiger partial charge in [0.1, 0.15) is 5.76 Å². The fourth-order valence-electron chi connectivity index (χ4n) is 4.42. The van der Waals surface area contributed by atoms with E-state index < -0.39 is 0 Å². The highest BCUT2D eigenvalue weighted by Crippen LogP contribution is 2.35. The zero-order chi connectivity index (χ0) is 17.4. The molecule has 0 unspecified atom stereocenters. The first kappa shape index (κ1) is 17.0. The highest BCUT2D eigenvalue weighted by atomic mass is 16.5. The second kappa shape index (κ2) is 7.05. The highest BCUT2D eigenvalue weighted by Gasteiger charge is 2.45. The number of likely N-dealkylation sites (tertiary alicyclic amines) is 1. The Morgan fingerprint density at radius 2 is 2.00 bits per heavy atom. The van der Waals surface area contributed by atoms with Gasteiger partial charge in [0, 0.05) is 50.8 Å². The molecule has 7 nitrogen and oxygen atoms in total. The quantitative estimate of drug-likeness (QED) is 0.811. The number of rotatable bonds is 3. The van der Waals surface area contributed by atoms with E-state index in [0.29, 0.717) is 32.2 Å². The van der Waals surface area contributed by atoms with E-state index in [1.807, 2.05) is 18.7 Å². The van der Waals surface area contributed by atoms with Crippen molar-refractivity contribution in [2.45, 2.75) is 32.9 Å². The van der Waals surface area contributed by atoms with E-state index in [1.165, 1.54) is 0 Å². The van der Waals surface area contributed by atoms with Crippen LogP contribution in [0.1, 0.15) is 23.4 Å². The molecule has 1 amide bonds. The molecular weight excluding hydrogens is 322 g/mol. The molecule has 3 aliphatic rings. The monoisotopic (exact) mass is 349 g/mol. The fourth-order valence-corrected chi connectivity index (χ4v) is 4.42. The summed E-state index contributed by atoms with van der Waals surface area (Å²) in [4.78, 5) is 17.4. The average Bonchev–Trinajstić information content (AvgIpc) is 3.23. The molecule has 0 bridgehead atoms. The molecule has 3 fully saturated rings. The number of aromatic nitrogens is 1. The number of morpholine rings is 1. The first-order chi connectivity index (χ1) is 12.1. The Balaban J connectivity index is 1.50. The van der Waals surface area contributed by atoms with Crippen LogP contribution < -0.4 is 0 Å². The Labute approximate surface area is 148 Å². The molecule has 4 rings (SSSR count). The predicted molar refractivity (Wildman–Crippen MR) is 90.0 cm³/mol. The van der Waals surface area contributed by atoms with Gasteiger partial charge in [0.25, 0.3) is 0 Å². The molecule has 3 saturated heterocycles. The molecule has 4 heterocycles. The number of aryl methyl sites for hydroxylation is 2. The minimum Gasteiger partial charge on any atom is -0.378 e. The lowest BCUT2D eigenvalue weighted by Crippen LogP contribution is -2.54. The molecule has 7 heteroatoms. The zero-order valence-electron chi connectivity index (χ0n) is 15.1. The van der Waals surface area contributed by atoms with Gasteiger partial charge in [0.15, 0.2) is 0 Å². The summed E-state index contributed by atoms with van der Waals surface area (Å²) in [7, 11) is 0. The first-order valence-electron chi connectivity index (χ1n) is 9.25. The second-order valence-corrected chi connectivity index (χ2v) is 7.40. The molecule has 0 saturated carbocycles. The fraction of sp³-hybridized carbons (Fsp3) is 0.778. The Morgan fingerprint density at radius 3 is 2.72 bits per heavy atom. The summed E-state index contributed by atoms with van der Waals surface area (Å²) >= 11 is 0. The van der Waals surface area contributed by atoms with Gasteiger partial charge in [-0.05, 0) is 20.3 Å². The third-order valence-corrected chi connectivity index (χ3v) is 5.87. The summed E-state index contributed by atoms with van der Waals surface area (Å²) in [5.74, 6) is 1.49. The third-order valence-electron chi connectivity index (χ3n) is 5.87. The predicted octanol–water partition coefficient (Wildman–Crippen LogP) is 0.987. The summed E-state index contributed by atoms with van der Waals surface area (Å²) in [6.07, 6.45) is 1.15. The number of carbonyl (C=O) groups excluding carboxylic acids is 1. The normalized spacial score (nSPS) is 30.5. The maximum Gasteiger partial charge on any atom is 0.227 e. The van der Waals surface area contributed by atoms with Gasteiger partial charge >= 0.3 is 0 Å². The van der Waals surface area contributed by atoms with Crippen molar-refractivity contribution in [2.75, 3.05) is 46.0 Å². The third kappa shape index (κ3) is 3.32. The van der Waals surface area contributed by atoms with Crippen molar-refractivity contribution in [1.29, 1.82) is 0 Å². The van der Waals surface area contributed by atoms with Crippen molar-refractivity contribution in [3.05, 3.63) is 17.0 Å². The summed E-state index contributed by atoms with van der Waals surface area (Å²) < 4.78 is 16.6. The van der Waals surface area contributed by atoms with E-state index in [9.17, 15) is 4.79 Å². The largest absolute Gasteiger partial charge is 0.378 e. The molecule has 0 aliphatic carbocycles. The number of piperidine rings is 1. The van der Waals surface area contributed by atoms with Crippen LogP contribution in [0.15, 0.2) is 4.52 Å². The Hall–Kier alpha value is -1.44. The number of nitrogens with zero attached hydrogens (tertiary/aromatic N) is 3. The lowest BCUT2D eigenvalue weighted by molar-refractivity contribution is -0.146. The number of hydrogen-bond acceptors (Lipinski definition) is 6. The van der Waals surface area contributed by atoms with E-state index in [-0.39, 0.29) is 17.9 Å². The minimum atomic E-state index is 0.0137. The van der Waals surface area contributed by atoms with Crippen LogP contribution in [0.3, 0.4) is 0 Å². The lowest BCUT2D eigenvalue weighted by atomic mass is 9.81. The van der Waals surface area contributed by atoms with Crippen LogP contribution in [-0.4, -0.2) is 73.0 Å². The summed E-state index contributed by atoms with van der Waals surface area (Å²) in [6.45, 7) is 9.81. The van der Waals surface area contributed by atoms with E-state index in [2.05, 4.69) is 10.1 Å². The standard InChI is InChI=1S/C18H27N3O4/c1-12-15(13(2)25-19-12)9-20-10-16(14-3-6-24-17(14)11-20)18(22)21-4-7-23-8-5-21/h14,16-17H,3-11H2,1-2H3/t14-,16-,17+/m0/s1. The molecule has 0 aromatic carbocycles. The van der Waals surface area contributed by atoms with E-state index >= 15 is 0 Å². The first-order valence-corrected chi connectivity index (χ1v) is 9.25. The zero-order valence-corrected chi connectivity index (χ0v) is 15.1. The Bertz CT molecular complexity index is 606. The minimum absolute atomic E-state index is 0.0137. The van der Waals surface area contributed by atoms with Gasteiger partial charge in [0.2, 0.25) is 5.91 Å². The van der Waals surface area contributed by atoms with Gasteiger partial charge in [-0.1, -0.05) is 5.16 Å². The van der Waals surface area contributed by atoms with Crippen LogP contribution in [0.4, 0.5) is 0 Å². The smallest absolute Gasteiger partial charge is 0.227 e. The maximum atomic E-state index is 13.1. The molecule has 1 aromatic rings. The van der Waals surface area contributed by atoms with Crippen LogP contribution in [0.5, 0.6) is 0 Å². The SMILES string of the molecule is Cc1noc(C)c1CN1C[C@H](C(=O)N2CCOCC2)[C@@H]2CCO[C@@H]2C1. The summed E-state index contributed by atoms with van der Waals surface area (Å²) in [6, 6.07) is 0. The van der Waals surface area contributed by atoms with Gasteiger partial charge in [-0.25, -0.2) is 0 Å². The second-order valence-electron chi connectivity index (χ2n) is 7.40. The highest BCUT2D eigenvalue weighted by molar-refractivity contribution is 5.79.